The molecular formula is C14H15N3O4. The van der Waals surface area contributed by atoms with Crippen LogP contribution in [0.3, 0.4) is 0 Å². The van der Waals surface area contributed by atoms with Gasteiger partial charge in [-0.1, -0.05) is 12.1 Å². The first kappa shape index (κ1) is 14.7. The highest BCUT2D eigenvalue weighted by Gasteiger charge is 2.16. The maximum atomic E-state index is 12.1. The number of amides is 1. The number of nitrogens with one attached hydrogen (secondary N) is 2. The Balaban J connectivity index is 2.11. The molecule has 2 aromatic rings. The van der Waals surface area contributed by atoms with Crippen LogP contribution in [-0.4, -0.2) is 36.3 Å². The number of nitrogens with zero attached hydrogens (tertiary/aromatic N) is 1. The third kappa shape index (κ3) is 3.46. The first-order valence-electron chi connectivity index (χ1n) is 6.16. The van der Waals surface area contributed by atoms with Crippen molar-refractivity contribution in [3.8, 4) is 0 Å². The Hall–Kier alpha value is -2.67. The zero-order valence-electron chi connectivity index (χ0n) is 11.7. The van der Waals surface area contributed by atoms with Gasteiger partial charge in [-0.05, 0) is 17.7 Å². The molecule has 0 aliphatic carbocycles. The lowest BCUT2D eigenvalue weighted by molar-refractivity contribution is 0.0595. The molecule has 1 amide bonds. The summed E-state index contributed by atoms with van der Waals surface area (Å²) in [5.41, 5.74) is 1.80. The Labute approximate surface area is 121 Å². The third-order valence-corrected chi connectivity index (χ3v) is 2.80. The molecule has 1 aromatic heterocycles. The van der Waals surface area contributed by atoms with Crippen molar-refractivity contribution in [2.45, 2.75) is 6.61 Å². The lowest BCUT2D eigenvalue weighted by Gasteiger charge is -2.06. The van der Waals surface area contributed by atoms with Crippen molar-refractivity contribution in [2.75, 3.05) is 19.5 Å². The van der Waals surface area contributed by atoms with E-state index in [0.29, 0.717) is 12.2 Å². The number of benzene rings is 1. The Morgan fingerprint density at radius 2 is 1.95 bits per heavy atom. The maximum absolute atomic E-state index is 12.1. The molecule has 0 fully saturated rings. The number of aromatic nitrogens is 2. The van der Waals surface area contributed by atoms with Gasteiger partial charge in [-0.25, -0.2) is 4.79 Å². The number of anilines is 1. The molecule has 2 rings (SSSR count). The minimum atomic E-state index is -0.599. The highest BCUT2D eigenvalue weighted by atomic mass is 16.5. The number of rotatable bonds is 5. The molecule has 1 heterocycles. The van der Waals surface area contributed by atoms with Crippen LogP contribution in [0.25, 0.3) is 0 Å². The van der Waals surface area contributed by atoms with E-state index >= 15 is 0 Å². The van der Waals surface area contributed by atoms with E-state index in [2.05, 4.69) is 20.3 Å². The first-order chi connectivity index (χ1) is 10.2. The van der Waals surface area contributed by atoms with Crippen molar-refractivity contribution in [2.24, 2.45) is 0 Å². The summed E-state index contributed by atoms with van der Waals surface area (Å²) in [7, 11) is 2.86. The number of carbonyl (C=O) groups excluding carboxylic acids is 2. The van der Waals surface area contributed by atoms with Gasteiger partial charge in [0.05, 0.1) is 25.6 Å². The monoisotopic (exact) mass is 289 g/mol. The molecule has 1 aromatic carbocycles. The average Bonchev–Trinajstić information content (AvgIpc) is 2.95. The number of aromatic amines is 1. The van der Waals surface area contributed by atoms with Gasteiger partial charge in [-0.15, -0.1) is 0 Å². The van der Waals surface area contributed by atoms with Gasteiger partial charge in [-0.2, -0.15) is 5.10 Å². The van der Waals surface area contributed by atoms with Crippen LogP contribution in [0.2, 0.25) is 0 Å². The van der Waals surface area contributed by atoms with Gasteiger partial charge in [0.15, 0.2) is 5.69 Å². The lowest BCUT2D eigenvalue weighted by Crippen LogP contribution is -2.14. The van der Waals surface area contributed by atoms with Crippen LogP contribution in [-0.2, 0) is 16.1 Å². The molecular weight excluding hydrogens is 274 g/mol. The van der Waals surface area contributed by atoms with Crippen LogP contribution < -0.4 is 5.32 Å². The van der Waals surface area contributed by atoms with E-state index in [9.17, 15) is 9.59 Å². The molecule has 0 aliphatic heterocycles. The summed E-state index contributed by atoms with van der Waals surface area (Å²) in [5.74, 6) is -0.941. The molecule has 0 unspecified atom stereocenters. The molecule has 0 atom stereocenters. The Morgan fingerprint density at radius 1 is 1.24 bits per heavy atom. The van der Waals surface area contributed by atoms with Gasteiger partial charge in [0.25, 0.3) is 5.91 Å². The predicted molar refractivity (Wildman–Crippen MR) is 75.0 cm³/mol. The topological polar surface area (TPSA) is 93.3 Å². The van der Waals surface area contributed by atoms with Gasteiger partial charge in [0, 0.05) is 12.7 Å². The summed E-state index contributed by atoms with van der Waals surface area (Å²) in [6, 6.07) is 6.97. The highest BCUT2D eigenvalue weighted by molar-refractivity contribution is 6.07. The fourth-order valence-corrected chi connectivity index (χ4v) is 1.75. The number of ether oxygens (including phenoxy) is 2. The summed E-state index contributed by atoms with van der Waals surface area (Å²) in [5, 5.41) is 8.81. The van der Waals surface area contributed by atoms with Gasteiger partial charge >= 0.3 is 5.97 Å². The van der Waals surface area contributed by atoms with Crippen molar-refractivity contribution in [3.05, 3.63) is 47.3 Å². The van der Waals surface area contributed by atoms with E-state index in [1.54, 1.807) is 31.4 Å². The van der Waals surface area contributed by atoms with Crippen LogP contribution >= 0.6 is 0 Å². The maximum Gasteiger partial charge on any atom is 0.358 e. The molecule has 7 nitrogen and oxygen atoms in total. The standard InChI is InChI=1S/C14H15N3O4/c1-20-8-9-3-5-10(6-4-9)13(18)16-11-7-15-17-12(11)14(19)21-2/h3-7H,8H2,1-2H3,(H,15,17)(H,16,18). The molecule has 21 heavy (non-hydrogen) atoms. The molecule has 0 bridgehead atoms. The highest BCUT2D eigenvalue weighted by Crippen LogP contribution is 2.14. The fraction of sp³-hybridized carbons (Fsp3) is 0.214. The normalized spacial score (nSPS) is 10.2. The molecule has 0 spiro atoms. The molecule has 2 N–H and O–H groups in total. The molecule has 7 heteroatoms. The van der Waals surface area contributed by atoms with E-state index in [1.807, 2.05) is 0 Å². The molecule has 0 saturated heterocycles. The van der Waals surface area contributed by atoms with Crippen molar-refractivity contribution < 1.29 is 19.1 Å². The Kier molecular flexibility index (Phi) is 4.68. The van der Waals surface area contributed by atoms with Crippen LogP contribution in [0.4, 0.5) is 5.69 Å². The Bertz CT molecular complexity index is 634. The van der Waals surface area contributed by atoms with E-state index in [-0.39, 0.29) is 17.3 Å². The summed E-state index contributed by atoms with van der Waals surface area (Å²) in [6.07, 6.45) is 1.35. The van der Waals surface area contributed by atoms with Gasteiger partial charge < -0.3 is 14.8 Å². The van der Waals surface area contributed by atoms with Gasteiger partial charge in [0.2, 0.25) is 0 Å². The number of hydrogen-bond donors (Lipinski definition) is 2. The summed E-state index contributed by atoms with van der Waals surface area (Å²) in [6.45, 7) is 0.482. The summed E-state index contributed by atoms with van der Waals surface area (Å²) >= 11 is 0. The van der Waals surface area contributed by atoms with Crippen molar-refractivity contribution in [1.82, 2.24) is 10.2 Å². The smallest absolute Gasteiger partial charge is 0.358 e. The molecule has 0 radical (unpaired) electrons. The zero-order valence-corrected chi connectivity index (χ0v) is 11.7. The third-order valence-electron chi connectivity index (χ3n) is 2.80. The molecule has 110 valence electrons. The van der Waals surface area contributed by atoms with Crippen LogP contribution in [0.15, 0.2) is 30.5 Å². The van der Waals surface area contributed by atoms with E-state index in [4.69, 9.17) is 4.74 Å². The van der Waals surface area contributed by atoms with Crippen LogP contribution in [0, 0.1) is 0 Å². The minimum absolute atomic E-state index is 0.0989. The van der Waals surface area contributed by atoms with Crippen molar-refractivity contribution in [1.29, 1.82) is 0 Å². The summed E-state index contributed by atoms with van der Waals surface area (Å²) in [4.78, 5) is 23.6. The zero-order chi connectivity index (χ0) is 15.2. The van der Waals surface area contributed by atoms with Gasteiger partial charge in [-0.3, -0.25) is 9.89 Å². The quantitative estimate of drug-likeness (QED) is 0.815. The molecule has 0 saturated carbocycles. The number of hydrogen-bond acceptors (Lipinski definition) is 5. The number of carbonyl (C=O) groups is 2. The Morgan fingerprint density at radius 3 is 2.57 bits per heavy atom. The number of methoxy groups -OCH3 is 2. The second kappa shape index (κ2) is 6.67. The van der Waals surface area contributed by atoms with Crippen molar-refractivity contribution in [3.63, 3.8) is 0 Å². The largest absolute Gasteiger partial charge is 0.464 e. The van der Waals surface area contributed by atoms with Crippen LogP contribution in [0.5, 0.6) is 0 Å². The fourth-order valence-electron chi connectivity index (χ4n) is 1.75. The van der Waals surface area contributed by atoms with Crippen LogP contribution in [0.1, 0.15) is 26.4 Å². The first-order valence-corrected chi connectivity index (χ1v) is 6.16. The summed E-state index contributed by atoms with van der Waals surface area (Å²) < 4.78 is 9.59. The number of H-pyrrole nitrogens is 1. The average molecular weight is 289 g/mol. The minimum Gasteiger partial charge on any atom is -0.464 e. The number of esters is 1. The molecule has 0 aliphatic rings. The van der Waals surface area contributed by atoms with E-state index in [0.717, 1.165) is 5.56 Å². The SMILES string of the molecule is COCc1ccc(C(=O)Nc2cn[nH]c2C(=O)OC)cc1. The second-order valence-electron chi connectivity index (χ2n) is 4.23. The second-order valence-corrected chi connectivity index (χ2v) is 4.23. The predicted octanol–water partition coefficient (Wildman–Crippen LogP) is 1.59. The van der Waals surface area contributed by atoms with E-state index in [1.165, 1.54) is 13.3 Å². The van der Waals surface area contributed by atoms with E-state index < -0.39 is 5.97 Å². The van der Waals surface area contributed by atoms with Gasteiger partial charge in [0.1, 0.15) is 0 Å². The van der Waals surface area contributed by atoms with Crippen molar-refractivity contribution >= 4 is 17.6 Å². The lowest BCUT2D eigenvalue weighted by atomic mass is 10.1.